The summed E-state index contributed by atoms with van der Waals surface area (Å²) in [6.45, 7) is 22.1. The topological polar surface area (TPSA) is 80.3 Å². The van der Waals surface area contributed by atoms with Crippen molar-refractivity contribution in [3.05, 3.63) is 158 Å². The van der Waals surface area contributed by atoms with Gasteiger partial charge in [-0.1, -0.05) is 48.0 Å². The van der Waals surface area contributed by atoms with Gasteiger partial charge in [-0.25, -0.2) is 4.98 Å². The Balaban J connectivity index is 0.000000351. The van der Waals surface area contributed by atoms with Crippen LogP contribution in [0.3, 0.4) is 0 Å². The van der Waals surface area contributed by atoms with Crippen LogP contribution in [-0.4, -0.2) is 49.6 Å². The van der Waals surface area contributed by atoms with Crippen molar-refractivity contribution in [2.45, 2.75) is 81.6 Å². The fourth-order valence-corrected chi connectivity index (χ4v) is 4.73. The average Bonchev–Trinajstić information content (AvgIpc) is 3.65. The van der Waals surface area contributed by atoms with Gasteiger partial charge in [0.15, 0.2) is 5.69 Å². The van der Waals surface area contributed by atoms with Crippen molar-refractivity contribution in [2.24, 2.45) is 7.05 Å². The quantitative estimate of drug-likeness (QED) is 0.114. The summed E-state index contributed by atoms with van der Waals surface area (Å²) in [6.07, 6.45) is -0.107. The third kappa shape index (κ3) is 17.0. The first-order valence-electron chi connectivity index (χ1n) is 17.7. The lowest BCUT2D eigenvalue weighted by Crippen LogP contribution is -2.37. The maximum absolute atomic E-state index is 12.2. The molecule has 1 aliphatic heterocycles. The molecule has 316 valence electrons. The molecule has 1 aliphatic rings. The summed E-state index contributed by atoms with van der Waals surface area (Å²) < 4.78 is 78.9. The van der Waals surface area contributed by atoms with E-state index in [1.165, 1.54) is 54.7 Å². The number of aromatic nitrogens is 4. The van der Waals surface area contributed by atoms with Crippen molar-refractivity contribution in [3.8, 4) is 0 Å². The summed E-state index contributed by atoms with van der Waals surface area (Å²) in [5.41, 5.74) is 6.28. The van der Waals surface area contributed by atoms with Crippen LogP contribution in [0.25, 0.3) is 0 Å². The lowest BCUT2D eigenvalue weighted by molar-refractivity contribution is -0.142. The second kappa shape index (κ2) is 22.5. The van der Waals surface area contributed by atoms with Crippen LogP contribution in [0.4, 0.5) is 26.3 Å². The first-order valence-corrected chi connectivity index (χ1v) is 18.1. The summed E-state index contributed by atoms with van der Waals surface area (Å²) in [4.78, 5) is 22.5. The van der Waals surface area contributed by atoms with Crippen LogP contribution >= 0.6 is 11.6 Å². The van der Waals surface area contributed by atoms with Gasteiger partial charge < -0.3 is 9.32 Å². The molecule has 6 rings (SSSR count). The molecule has 0 radical (unpaired) electrons. The summed E-state index contributed by atoms with van der Waals surface area (Å²) in [5, 5.41) is 3.86. The van der Waals surface area contributed by atoms with E-state index in [0.29, 0.717) is 16.5 Å². The van der Waals surface area contributed by atoms with Gasteiger partial charge in [-0.2, -0.15) is 31.4 Å². The van der Waals surface area contributed by atoms with Crippen LogP contribution in [0.2, 0.25) is 5.15 Å². The van der Waals surface area contributed by atoms with Gasteiger partial charge in [-0.3, -0.25) is 19.4 Å². The fourth-order valence-electron chi connectivity index (χ4n) is 4.61. The van der Waals surface area contributed by atoms with Crippen LogP contribution in [0.5, 0.6) is 0 Å². The van der Waals surface area contributed by atoms with Gasteiger partial charge in [0.2, 0.25) is 0 Å². The van der Waals surface area contributed by atoms with E-state index in [-0.39, 0.29) is 17.0 Å². The highest BCUT2D eigenvalue weighted by molar-refractivity contribution is 6.30. The first-order chi connectivity index (χ1) is 26.7. The Morgan fingerprint density at radius 1 is 0.741 bits per heavy atom. The highest BCUT2D eigenvalue weighted by atomic mass is 35.5. The molecule has 5 heterocycles. The number of amides is 1. The molecule has 0 aliphatic carbocycles. The molecule has 58 heavy (non-hydrogen) atoms. The minimum Gasteiger partial charge on any atom is -0.469 e. The summed E-state index contributed by atoms with van der Waals surface area (Å²) >= 11 is 5.60. The maximum atomic E-state index is 12.2. The van der Waals surface area contributed by atoms with Crippen molar-refractivity contribution < 1.29 is 35.6 Å². The number of benzene rings is 1. The zero-order valence-electron chi connectivity index (χ0n) is 35.3. The smallest absolute Gasteiger partial charge is 0.435 e. The van der Waals surface area contributed by atoms with Crippen molar-refractivity contribution in [1.29, 1.82) is 0 Å². The van der Waals surface area contributed by atoms with E-state index in [9.17, 15) is 31.1 Å². The van der Waals surface area contributed by atoms with Gasteiger partial charge in [-0.15, -0.1) is 0 Å². The van der Waals surface area contributed by atoms with Crippen LogP contribution in [-0.2, 0) is 24.2 Å². The standard InChI is InChI=1S/C9H9F3.C8H12N2O.C7H9N.C7H10O.C6H6ClN.C6H7F3N2/c1-6-3-4-7(2)8(5-6)9(10,11)12;1-6-5-9(3)7(2)10(4)8(6)11;1-6-3-4-7(2)8-5-6;1-5-4-8-7(3)6(5)2;1-5-3-2-4-8-6(5)7;1-4-3-11(2)10-5(4)6(7,8)9/h3-5H,1-2H3;5H,2H2,1,3-4H3;3-5H,1-2H3;4H,1-3H3;2-4H,1H3;3H,1-2H3. The molecule has 0 bridgehead atoms. The highest BCUT2D eigenvalue weighted by Crippen LogP contribution is 2.32. The predicted octanol–water partition coefficient (Wildman–Crippen LogP) is 11.8. The molecule has 0 N–H and O–H groups in total. The van der Waals surface area contributed by atoms with Crippen molar-refractivity contribution in [1.82, 2.24) is 29.5 Å². The molecule has 0 atom stereocenters. The molecule has 8 nitrogen and oxygen atoms in total. The number of rotatable bonds is 0. The van der Waals surface area contributed by atoms with Crippen molar-refractivity contribution >= 4 is 17.5 Å². The molecule has 0 saturated carbocycles. The van der Waals surface area contributed by atoms with Crippen LogP contribution in [0.1, 0.15) is 68.6 Å². The lowest BCUT2D eigenvalue weighted by atomic mass is 10.1. The summed E-state index contributed by atoms with van der Waals surface area (Å²) in [5.74, 6) is 1.76. The molecule has 0 unspecified atom stereocenters. The lowest BCUT2D eigenvalue weighted by Gasteiger charge is -2.31. The molecular formula is C43H53ClF6N6O2. The van der Waals surface area contributed by atoms with E-state index in [4.69, 9.17) is 16.0 Å². The van der Waals surface area contributed by atoms with Gasteiger partial charge in [0.25, 0.3) is 5.91 Å². The molecular weight excluding hydrogens is 782 g/mol. The number of furan rings is 1. The highest BCUT2D eigenvalue weighted by Gasteiger charge is 2.35. The zero-order chi connectivity index (χ0) is 44.7. The minimum absolute atomic E-state index is 0.0214. The van der Waals surface area contributed by atoms with E-state index >= 15 is 0 Å². The number of hydrogen-bond acceptors (Lipinski definition) is 6. The first kappa shape index (κ1) is 50.6. The number of carbonyl (C=O) groups is 1. The van der Waals surface area contributed by atoms with Gasteiger partial charge in [0.1, 0.15) is 16.7 Å². The number of alkyl halides is 6. The fraction of sp³-hybridized carbons (Fsp3) is 0.349. The maximum Gasteiger partial charge on any atom is 0.435 e. The van der Waals surface area contributed by atoms with E-state index in [1.807, 2.05) is 71.0 Å². The number of hydrogen-bond donors (Lipinski definition) is 0. The Bertz CT molecular complexity index is 2060. The molecule has 4 aromatic heterocycles. The van der Waals surface area contributed by atoms with Gasteiger partial charge >= 0.3 is 12.4 Å². The zero-order valence-corrected chi connectivity index (χ0v) is 36.0. The van der Waals surface area contributed by atoms with Crippen LogP contribution < -0.4 is 0 Å². The number of likely N-dealkylation sites (N-methyl/N-ethyl adjacent to an activating group) is 1. The largest absolute Gasteiger partial charge is 0.469 e. The van der Waals surface area contributed by atoms with E-state index in [2.05, 4.69) is 34.6 Å². The third-order valence-corrected chi connectivity index (χ3v) is 8.73. The average molecular weight is 835 g/mol. The van der Waals surface area contributed by atoms with E-state index in [0.717, 1.165) is 33.3 Å². The van der Waals surface area contributed by atoms with Gasteiger partial charge in [0.05, 0.1) is 11.8 Å². The Labute approximate surface area is 342 Å². The third-order valence-electron chi connectivity index (χ3n) is 8.34. The number of carbonyl (C=O) groups excluding carboxylic acids is 1. The Morgan fingerprint density at radius 3 is 1.69 bits per heavy atom. The summed E-state index contributed by atoms with van der Waals surface area (Å²) in [6, 6.07) is 12.2. The monoisotopic (exact) mass is 834 g/mol. The molecule has 1 aromatic carbocycles. The van der Waals surface area contributed by atoms with Crippen LogP contribution in [0.15, 0.2) is 95.9 Å². The molecule has 0 fully saturated rings. The molecule has 0 saturated heterocycles. The number of aryl methyl sites for hydroxylation is 9. The van der Waals surface area contributed by atoms with E-state index in [1.54, 1.807) is 45.6 Å². The Morgan fingerprint density at radius 2 is 1.34 bits per heavy atom. The number of nitrogens with zero attached hydrogens (tertiary/aromatic N) is 6. The molecule has 15 heteroatoms. The van der Waals surface area contributed by atoms with Crippen LogP contribution in [0, 0.1) is 62.3 Å². The second-order valence-corrected chi connectivity index (χ2v) is 13.9. The number of pyridine rings is 2. The van der Waals surface area contributed by atoms with Gasteiger partial charge in [-0.05, 0) is 121 Å². The van der Waals surface area contributed by atoms with E-state index < -0.39 is 23.6 Å². The normalized spacial score (nSPS) is 12.2. The number of halogens is 7. The minimum atomic E-state index is -4.33. The predicted molar refractivity (Wildman–Crippen MR) is 218 cm³/mol. The van der Waals surface area contributed by atoms with Gasteiger partial charge in [0, 0.05) is 57.2 Å². The molecule has 5 aromatic rings. The SMILES string of the molecule is C=C1N(C)C=C(C)C(=O)N1C.Cc1ccc(C)c(C(F)(F)F)c1.Cc1ccc(C)nc1.Cc1cccnc1Cl.Cc1cn(C)nc1C(F)(F)F.Cc1coc(C)c1C. The van der Waals surface area contributed by atoms with Crippen molar-refractivity contribution in [3.63, 3.8) is 0 Å². The Hall–Kier alpha value is -5.37. The van der Waals surface area contributed by atoms with Crippen molar-refractivity contribution in [2.75, 3.05) is 14.1 Å². The Kier molecular flexibility index (Phi) is 19.7. The second-order valence-electron chi connectivity index (χ2n) is 13.5. The summed E-state index contributed by atoms with van der Waals surface area (Å²) in [7, 11) is 5.05. The molecule has 0 spiro atoms. The molecule has 1 amide bonds.